The molecule has 12 aromatic rings. The molecule has 266 valence electrons. The summed E-state index contributed by atoms with van der Waals surface area (Å²) < 4.78 is 11.5. The second-order valence-electron chi connectivity index (χ2n) is 14.3. The van der Waals surface area contributed by atoms with Crippen LogP contribution in [-0.4, -0.2) is 19.5 Å². The lowest BCUT2D eigenvalue weighted by Gasteiger charge is -2.10. The van der Waals surface area contributed by atoms with Gasteiger partial charge in [0.25, 0.3) is 0 Å². The second kappa shape index (κ2) is 12.6. The first-order valence-electron chi connectivity index (χ1n) is 19.0. The van der Waals surface area contributed by atoms with E-state index in [9.17, 15) is 0 Å². The Labute approximate surface area is 330 Å². The monoisotopic (exact) mass is 746 g/mol. The molecule has 12 rings (SSSR count). The molecule has 4 aromatic heterocycles. The van der Waals surface area contributed by atoms with Gasteiger partial charge in [0.1, 0.15) is 11.2 Å². The minimum absolute atomic E-state index is 0.612. The van der Waals surface area contributed by atoms with Crippen LogP contribution in [0.1, 0.15) is 0 Å². The Hall–Kier alpha value is -7.41. The van der Waals surface area contributed by atoms with Gasteiger partial charge in [-0.15, -0.1) is 11.3 Å². The van der Waals surface area contributed by atoms with Crippen LogP contribution in [0.4, 0.5) is 0 Å². The highest BCUT2D eigenvalue weighted by molar-refractivity contribution is 7.26. The third kappa shape index (κ3) is 4.98. The molecule has 0 amide bonds. The smallest absolute Gasteiger partial charge is 0.164 e. The minimum Gasteiger partial charge on any atom is -0.456 e. The topological polar surface area (TPSA) is 56.7 Å². The fraction of sp³-hybridized carbons (Fsp3) is 0. The average Bonchev–Trinajstić information content (AvgIpc) is 3.96. The van der Waals surface area contributed by atoms with Gasteiger partial charge in [-0.1, -0.05) is 133 Å². The molecule has 57 heavy (non-hydrogen) atoms. The molecular weight excluding hydrogens is 717 g/mol. The summed E-state index contributed by atoms with van der Waals surface area (Å²) >= 11 is 1.85. The lowest BCUT2D eigenvalue weighted by atomic mass is 9.97. The molecule has 0 unspecified atom stereocenters. The van der Waals surface area contributed by atoms with Crippen molar-refractivity contribution in [3.63, 3.8) is 0 Å². The standard InChI is InChI=1S/C51H30N4OS/c1-3-14-31(15-4-1)49-52-50(32-16-5-2-6-17-32)54-51(53-49)33-28-29-43-39(30-33)46-36(20-12-26-44(46)56-43)37-21-11-22-38-47-42(25-13-27-45(47)57-48(37)38)55-40-23-9-7-18-34(40)35-19-8-10-24-41(35)55/h1-30H. The molecule has 0 aliphatic heterocycles. The molecule has 0 bridgehead atoms. The Morgan fingerprint density at radius 1 is 0.404 bits per heavy atom. The normalized spacial score (nSPS) is 11.9. The van der Waals surface area contributed by atoms with E-state index in [-0.39, 0.29) is 0 Å². The Bertz CT molecular complexity index is 3420. The number of thiophene rings is 1. The number of fused-ring (bicyclic) bond motifs is 9. The number of nitrogens with zero attached hydrogens (tertiary/aromatic N) is 4. The summed E-state index contributed by atoms with van der Waals surface area (Å²) in [7, 11) is 0. The van der Waals surface area contributed by atoms with E-state index < -0.39 is 0 Å². The van der Waals surface area contributed by atoms with Gasteiger partial charge in [0, 0.05) is 64.0 Å². The molecule has 0 fully saturated rings. The van der Waals surface area contributed by atoms with E-state index in [1.54, 1.807) is 0 Å². The van der Waals surface area contributed by atoms with Crippen molar-refractivity contribution in [2.24, 2.45) is 0 Å². The first-order valence-corrected chi connectivity index (χ1v) is 19.8. The number of benzene rings is 8. The van der Waals surface area contributed by atoms with Crippen molar-refractivity contribution in [2.75, 3.05) is 0 Å². The maximum atomic E-state index is 6.56. The molecule has 4 heterocycles. The summed E-state index contributed by atoms with van der Waals surface area (Å²) in [5, 5.41) is 7.10. The zero-order valence-electron chi connectivity index (χ0n) is 30.4. The predicted octanol–water partition coefficient (Wildman–Crippen LogP) is 13.9. The molecule has 6 heteroatoms. The highest BCUT2D eigenvalue weighted by Gasteiger charge is 2.21. The van der Waals surface area contributed by atoms with Crippen LogP contribution in [0.25, 0.3) is 115 Å². The predicted molar refractivity (Wildman–Crippen MR) is 236 cm³/mol. The summed E-state index contributed by atoms with van der Waals surface area (Å²) in [6, 6.07) is 63.7. The summed E-state index contributed by atoms with van der Waals surface area (Å²) in [6.45, 7) is 0. The van der Waals surface area contributed by atoms with Crippen molar-refractivity contribution in [3.8, 4) is 51.0 Å². The van der Waals surface area contributed by atoms with Gasteiger partial charge in [-0.3, -0.25) is 0 Å². The van der Waals surface area contributed by atoms with Gasteiger partial charge < -0.3 is 8.98 Å². The zero-order chi connectivity index (χ0) is 37.5. The molecule has 5 nitrogen and oxygen atoms in total. The zero-order valence-corrected chi connectivity index (χ0v) is 31.2. The molecular formula is C51H30N4OS. The molecule has 0 atom stereocenters. The van der Waals surface area contributed by atoms with E-state index in [0.717, 1.165) is 44.2 Å². The third-order valence-corrected chi connectivity index (χ3v) is 12.3. The molecule has 0 N–H and O–H groups in total. The average molecular weight is 747 g/mol. The van der Waals surface area contributed by atoms with Crippen LogP contribution in [0.2, 0.25) is 0 Å². The summed E-state index contributed by atoms with van der Waals surface area (Å²) in [4.78, 5) is 15.0. The van der Waals surface area contributed by atoms with Crippen molar-refractivity contribution in [1.29, 1.82) is 0 Å². The first-order chi connectivity index (χ1) is 28.3. The van der Waals surface area contributed by atoms with E-state index in [1.165, 1.54) is 53.2 Å². The highest BCUT2D eigenvalue weighted by Crippen LogP contribution is 2.46. The number of rotatable bonds is 5. The first kappa shape index (κ1) is 31.9. The molecule has 0 saturated heterocycles. The Morgan fingerprint density at radius 2 is 0.982 bits per heavy atom. The lowest BCUT2D eigenvalue weighted by molar-refractivity contribution is 0.669. The van der Waals surface area contributed by atoms with Gasteiger partial charge in [0.2, 0.25) is 0 Å². The van der Waals surface area contributed by atoms with Crippen molar-refractivity contribution in [2.45, 2.75) is 0 Å². The Balaban J connectivity index is 1.07. The van der Waals surface area contributed by atoms with Gasteiger partial charge in [0.15, 0.2) is 17.5 Å². The van der Waals surface area contributed by atoms with Crippen molar-refractivity contribution in [3.05, 3.63) is 182 Å². The molecule has 0 aliphatic rings. The Morgan fingerprint density at radius 3 is 1.68 bits per heavy atom. The van der Waals surface area contributed by atoms with Crippen LogP contribution < -0.4 is 0 Å². The van der Waals surface area contributed by atoms with E-state index >= 15 is 0 Å². The van der Waals surface area contributed by atoms with Crippen LogP contribution in [0.5, 0.6) is 0 Å². The molecule has 0 radical (unpaired) electrons. The molecule has 0 spiro atoms. The minimum atomic E-state index is 0.612. The van der Waals surface area contributed by atoms with Crippen molar-refractivity contribution >= 4 is 75.3 Å². The number of aromatic nitrogens is 4. The largest absolute Gasteiger partial charge is 0.456 e. The van der Waals surface area contributed by atoms with Crippen molar-refractivity contribution in [1.82, 2.24) is 19.5 Å². The quantitative estimate of drug-likeness (QED) is 0.176. The fourth-order valence-corrected chi connectivity index (χ4v) is 9.79. The van der Waals surface area contributed by atoms with E-state index in [2.05, 4.69) is 114 Å². The van der Waals surface area contributed by atoms with Gasteiger partial charge in [-0.05, 0) is 54.1 Å². The maximum Gasteiger partial charge on any atom is 0.164 e. The number of para-hydroxylation sites is 2. The number of hydrogen-bond donors (Lipinski definition) is 0. The lowest BCUT2D eigenvalue weighted by Crippen LogP contribution is -2.00. The fourth-order valence-electron chi connectivity index (χ4n) is 8.54. The highest BCUT2D eigenvalue weighted by atomic mass is 32.1. The van der Waals surface area contributed by atoms with Crippen LogP contribution in [0, 0.1) is 0 Å². The van der Waals surface area contributed by atoms with E-state index in [1.807, 2.05) is 84.1 Å². The molecule has 0 saturated carbocycles. The third-order valence-electron chi connectivity index (χ3n) is 11.1. The number of furan rings is 1. The summed E-state index contributed by atoms with van der Waals surface area (Å²) in [5.74, 6) is 1.88. The van der Waals surface area contributed by atoms with E-state index in [0.29, 0.717) is 17.5 Å². The maximum absolute atomic E-state index is 6.56. The Kier molecular flexibility index (Phi) is 7.03. The summed E-state index contributed by atoms with van der Waals surface area (Å²) in [6.07, 6.45) is 0. The SMILES string of the molecule is c1ccc(-c2nc(-c3ccccc3)nc(-c3ccc4oc5cccc(-c6cccc7c6sc6cccc(-n8c9ccccc9c9ccccc98)c67)c5c4c3)n2)cc1. The summed E-state index contributed by atoms with van der Waals surface area (Å²) in [5.41, 5.74) is 10.3. The van der Waals surface area contributed by atoms with Crippen LogP contribution >= 0.6 is 11.3 Å². The van der Waals surface area contributed by atoms with Gasteiger partial charge in [-0.2, -0.15) is 0 Å². The van der Waals surface area contributed by atoms with Crippen LogP contribution in [0.3, 0.4) is 0 Å². The van der Waals surface area contributed by atoms with Crippen LogP contribution in [-0.2, 0) is 0 Å². The molecule has 0 aliphatic carbocycles. The molecule has 8 aromatic carbocycles. The van der Waals surface area contributed by atoms with Gasteiger partial charge in [0.05, 0.1) is 16.7 Å². The van der Waals surface area contributed by atoms with Gasteiger partial charge in [-0.25, -0.2) is 15.0 Å². The van der Waals surface area contributed by atoms with Gasteiger partial charge >= 0.3 is 0 Å². The van der Waals surface area contributed by atoms with Crippen molar-refractivity contribution < 1.29 is 4.42 Å². The van der Waals surface area contributed by atoms with Crippen LogP contribution in [0.15, 0.2) is 186 Å². The second-order valence-corrected chi connectivity index (χ2v) is 15.4. The number of hydrogen-bond acceptors (Lipinski definition) is 5. The van der Waals surface area contributed by atoms with E-state index in [4.69, 9.17) is 19.4 Å².